The molecule has 4 nitrogen and oxygen atoms in total. The van der Waals surface area contributed by atoms with Crippen LogP contribution in [-0.4, -0.2) is 11.4 Å². The fourth-order valence-corrected chi connectivity index (χ4v) is 12.7. The predicted octanol–water partition coefficient (Wildman–Crippen LogP) is 19.9. The Bertz CT molecular complexity index is 3920. The molecular formula is C74H88BN3O. The van der Waals surface area contributed by atoms with E-state index >= 15 is 0 Å². The molecule has 0 aliphatic carbocycles. The van der Waals surface area contributed by atoms with Crippen LogP contribution in [0.25, 0.3) is 49.8 Å². The summed E-state index contributed by atoms with van der Waals surface area (Å²) < 4.78 is 10.3. The van der Waals surface area contributed by atoms with Gasteiger partial charge in [0.05, 0.1) is 22.4 Å². The molecule has 11 rings (SSSR count). The van der Waals surface area contributed by atoms with Gasteiger partial charge in [0.1, 0.15) is 5.58 Å². The quantitative estimate of drug-likeness (QED) is 0.164. The topological polar surface area (TPSA) is 24.6 Å². The average molecular weight is 1050 g/mol. The Labute approximate surface area is 474 Å². The summed E-state index contributed by atoms with van der Waals surface area (Å²) in [6, 6.07) is 46.0. The van der Waals surface area contributed by atoms with E-state index in [1.54, 1.807) is 0 Å². The van der Waals surface area contributed by atoms with Gasteiger partial charge >= 0.3 is 6.85 Å². The highest BCUT2D eigenvalue weighted by atomic mass is 16.3. The monoisotopic (exact) mass is 1050 g/mol. The minimum absolute atomic E-state index is 0.00314. The second-order valence-electron chi connectivity index (χ2n) is 31.0. The minimum atomic E-state index is -0.172. The number of rotatable bonds is 4. The fourth-order valence-electron chi connectivity index (χ4n) is 12.7. The Morgan fingerprint density at radius 2 is 0.911 bits per heavy atom. The van der Waals surface area contributed by atoms with Gasteiger partial charge in [-0.2, -0.15) is 0 Å². The summed E-state index contributed by atoms with van der Waals surface area (Å²) in [6.07, 6.45) is 0. The summed E-state index contributed by atoms with van der Waals surface area (Å²) in [4.78, 5) is 5.23. The first-order valence-electron chi connectivity index (χ1n) is 29.3. The standard InChI is InChI=1S/C74H88BN3O/c1-43-34-47(70(9,10)11)35-44(2)63(43)76(51-28-24-45(25-29-51)68(3,4)5)53-32-33-60-54(42-53)55-36-49(72(15,16)17)40-59-64(55)77(60)61-41-50(73(18,19)20)37-56-62(61)75(59)78(52-30-26-46(27-31-52)69(6,7)8)65-57-38-48(71(12,13)14)39-58(74(21,22)23)66(57)79-67(56)65/h24-42H,1-23H3. The number of aryl methyl sites for hydroxylation is 2. The lowest BCUT2D eigenvalue weighted by Gasteiger charge is -2.41. The van der Waals surface area contributed by atoms with Gasteiger partial charge in [-0.05, 0) is 174 Å². The number of furan rings is 1. The summed E-state index contributed by atoms with van der Waals surface area (Å²) in [7, 11) is 0. The highest BCUT2D eigenvalue weighted by Crippen LogP contribution is 2.53. The number of fused-ring (bicyclic) bond motifs is 9. The molecule has 0 saturated heterocycles. The van der Waals surface area contributed by atoms with E-state index in [9.17, 15) is 0 Å². The van der Waals surface area contributed by atoms with Crippen molar-refractivity contribution in [1.29, 1.82) is 0 Å². The van der Waals surface area contributed by atoms with Crippen LogP contribution < -0.4 is 20.6 Å². The maximum Gasteiger partial charge on any atom is 0.333 e. The summed E-state index contributed by atoms with van der Waals surface area (Å²) in [6.45, 7) is 53.5. The highest BCUT2D eigenvalue weighted by molar-refractivity contribution is 6.93. The van der Waals surface area contributed by atoms with E-state index in [2.05, 4.69) is 289 Å². The lowest BCUT2D eigenvalue weighted by Crippen LogP contribution is -2.60. The fraction of sp³-hybridized carbons (Fsp3) is 0.405. The second-order valence-corrected chi connectivity index (χ2v) is 31.0. The van der Waals surface area contributed by atoms with Gasteiger partial charge in [-0.1, -0.05) is 194 Å². The third-order valence-electron chi connectivity index (χ3n) is 17.6. The zero-order valence-corrected chi connectivity index (χ0v) is 52.3. The predicted molar refractivity (Wildman–Crippen MR) is 345 cm³/mol. The molecule has 0 unspecified atom stereocenters. The Hall–Kier alpha value is -6.46. The Kier molecular flexibility index (Phi) is 12.1. The van der Waals surface area contributed by atoms with Crippen LogP contribution in [0.2, 0.25) is 0 Å². The van der Waals surface area contributed by atoms with Crippen molar-refractivity contribution in [3.63, 3.8) is 0 Å². The van der Waals surface area contributed by atoms with Gasteiger partial charge in [0.15, 0.2) is 5.76 Å². The van der Waals surface area contributed by atoms with Crippen LogP contribution in [0.4, 0.5) is 28.4 Å². The van der Waals surface area contributed by atoms with E-state index in [1.165, 1.54) is 105 Å². The van der Waals surface area contributed by atoms with Crippen LogP contribution in [0.3, 0.4) is 0 Å². The minimum Gasteiger partial charge on any atom is -0.454 e. The molecule has 0 atom stereocenters. The van der Waals surface area contributed by atoms with E-state index in [4.69, 9.17) is 4.42 Å². The van der Waals surface area contributed by atoms with Gasteiger partial charge in [0, 0.05) is 50.0 Å². The summed E-state index contributed by atoms with van der Waals surface area (Å²) in [5.74, 6) is 0.951. The third-order valence-corrected chi connectivity index (χ3v) is 17.6. The average Bonchev–Trinajstić information content (AvgIpc) is 3.89. The first kappa shape index (κ1) is 54.5. The molecule has 2 aliphatic heterocycles. The maximum atomic E-state index is 7.66. The van der Waals surface area contributed by atoms with Crippen molar-refractivity contribution in [3.8, 4) is 17.0 Å². The van der Waals surface area contributed by atoms with Crippen molar-refractivity contribution in [2.45, 2.75) is 197 Å². The van der Waals surface area contributed by atoms with Crippen molar-refractivity contribution in [1.82, 2.24) is 4.57 Å². The molecule has 0 amide bonds. The largest absolute Gasteiger partial charge is 0.454 e. The molecule has 2 aromatic heterocycles. The first-order chi connectivity index (χ1) is 36.4. The Balaban J connectivity index is 1.29. The van der Waals surface area contributed by atoms with Gasteiger partial charge in [-0.15, -0.1) is 0 Å². The van der Waals surface area contributed by atoms with Gasteiger partial charge < -0.3 is 18.7 Å². The van der Waals surface area contributed by atoms with Crippen LogP contribution >= 0.6 is 0 Å². The molecule has 4 heterocycles. The molecule has 5 heteroatoms. The molecule has 0 N–H and O–H groups in total. The SMILES string of the molecule is Cc1cc(C(C)(C)C)cc(C)c1N(c1ccc(C(C)(C)C)cc1)c1ccc2c(c1)c1cc(C(C)(C)C)cc3c1n2-c1cc(C(C)(C)C)cc2c1B3N(c1ccc(C(C)(C)C)cc1)c1c-2oc2c(C(C)(C)C)cc(C(C)(C)C)cc12. The lowest BCUT2D eigenvalue weighted by atomic mass is 9.43. The van der Waals surface area contributed by atoms with Gasteiger partial charge in [0.25, 0.3) is 0 Å². The molecule has 0 saturated carbocycles. The van der Waals surface area contributed by atoms with E-state index in [0.29, 0.717) is 0 Å². The zero-order chi connectivity index (χ0) is 57.4. The normalized spacial score (nSPS) is 14.2. The van der Waals surface area contributed by atoms with Crippen LogP contribution in [0.1, 0.15) is 195 Å². The highest BCUT2D eigenvalue weighted by Gasteiger charge is 2.48. The van der Waals surface area contributed by atoms with Gasteiger partial charge in [-0.3, -0.25) is 0 Å². The zero-order valence-electron chi connectivity index (χ0n) is 52.3. The molecule has 9 aromatic rings. The van der Waals surface area contributed by atoms with Crippen molar-refractivity contribution >= 4 is 79.0 Å². The summed E-state index contributed by atoms with van der Waals surface area (Å²) in [5.41, 5.74) is 25.5. The van der Waals surface area contributed by atoms with E-state index in [1.807, 2.05) is 0 Å². The van der Waals surface area contributed by atoms with Crippen LogP contribution in [0.5, 0.6) is 0 Å². The summed E-state index contributed by atoms with van der Waals surface area (Å²) in [5, 5.41) is 3.71. The van der Waals surface area contributed by atoms with Crippen LogP contribution in [0, 0.1) is 13.8 Å². The first-order valence-corrected chi connectivity index (χ1v) is 29.3. The Morgan fingerprint density at radius 1 is 0.430 bits per heavy atom. The van der Waals surface area contributed by atoms with Crippen LogP contribution in [0.15, 0.2) is 120 Å². The molecule has 0 bridgehead atoms. The molecule has 7 aromatic carbocycles. The van der Waals surface area contributed by atoms with Crippen molar-refractivity contribution in [2.75, 3.05) is 9.71 Å². The lowest BCUT2D eigenvalue weighted by molar-refractivity contribution is 0.553. The maximum absolute atomic E-state index is 7.66. The second kappa shape index (κ2) is 17.5. The summed E-state index contributed by atoms with van der Waals surface area (Å²) >= 11 is 0. The van der Waals surface area contributed by atoms with Gasteiger partial charge in [0.2, 0.25) is 0 Å². The number of benzene rings is 7. The van der Waals surface area contributed by atoms with Crippen LogP contribution in [-0.2, 0) is 37.9 Å². The van der Waals surface area contributed by atoms with Crippen molar-refractivity contribution in [3.05, 3.63) is 165 Å². The number of hydrogen-bond donors (Lipinski definition) is 0. The van der Waals surface area contributed by atoms with Crippen molar-refractivity contribution < 1.29 is 4.42 Å². The number of hydrogen-bond acceptors (Lipinski definition) is 3. The Morgan fingerprint density at radius 3 is 1.44 bits per heavy atom. The smallest absolute Gasteiger partial charge is 0.333 e. The molecule has 408 valence electrons. The van der Waals surface area contributed by atoms with E-state index in [0.717, 1.165) is 34.1 Å². The van der Waals surface area contributed by atoms with E-state index in [-0.39, 0.29) is 44.8 Å². The van der Waals surface area contributed by atoms with Crippen molar-refractivity contribution in [2.24, 2.45) is 0 Å². The molecule has 0 spiro atoms. The van der Waals surface area contributed by atoms with Gasteiger partial charge in [-0.25, -0.2) is 0 Å². The van der Waals surface area contributed by atoms with E-state index < -0.39 is 0 Å². The molecular weight excluding hydrogens is 958 g/mol. The number of nitrogens with zero attached hydrogens (tertiary/aromatic N) is 3. The molecule has 0 radical (unpaired) electrons. The number of anilines is 5. The molecule has 2 aliphatic rings. The molecule has 0 fully saturated rings. The third kappa shape index (κ3) is 8.96. The number of aromatic nitrogens is 1. The molecule has 79 heavy (non-hydrogen) atoms.